The monoisotopic (exact) mass is 338 g/mol. The van der Waals surface area contributed by atoms with Crippen LogP contribution in [0.25, 0.3) is 0 Å². The normalized spacial score (nSPS) is 10.2. The van der Waals surface area contributed by atoms with Gasteiger partial charge in [0, 0.05) is 22.6 Å². The van der Waals surface area contributed by atoms with Crippen LogP contribution in [0.4, 0.5) is 9.52 Å². The number of hydrogen-bond acceptors (Lipinski definition) is 6. The minimum atomic E-state index is -0.475. The van der Waals surface area contributed by atoms with E-state index in [1.54, 1.807) is 29.7 Å². The van der Waals surface area contributed by atoms with Crippen molar-refractivity contribution in [3.63, 3.8) is 0 Å². The maximum absolute atomic E-state index is 13.4. The largest absolute Gasteiger partial charge is 0.460 e. The molecule has 1 heterocycles. The molecule has 116 valence electrons. The number of thioether (sulfide) groups is 1. The highest BCUT2D eigenvalue weighted by Gasteiger charge is 2.12. The van der Waals surface area contributed by atoms with Gasteiger partial charge in [-0.15, -0.1) is 29.7 Å². The number of nitrogens with one attached hydrogen (secondary N) is 1. The molecule has 0 aliphatic carbocycles. The van der Waals surface area contributed by atoms with Gasteiger partial charge in [0.2, 0.25) is 0 Å². The number of esters is 1. The number of thiazole rings is 1. The number of carbonyl (C=O) groups excluding carboxylic acids is 1. The third-order valence-electron chi connectivity index (χ3n) is 2.52. The van der Waals surface area contributed by atoms with E-state index in [4.69, 9.17) is 4.74 Å². The van der Waals surface area contributed by atoms with E-state index in [0.29, 0.717) is 22.3 Å². The van der Waals surface area contributed by atoms with Crippen LogP contribution in [0.1, 0.15) is 10.5 Å². The van der Waals surface area contributed by atoms with Crippen molar-refractivity contribution in [2.75, 3.05) is 24.2 Å². The fourth-order valence-electron chi connectivity index (χ4n) is 1.53. The van der Waals surface area contributed by atoms with E-state index < -0.39 is 5.97 Å². The molecule has 0 amide bonds. The second-order valence-electron chi connectivity index (χ2n) is 4.12. The summed E-state index contributed by atoms with van der Waals surface area (Å²) in [7, 11) is 0. The quantitative estimate of drug-likeness (QED) is 0.343. The summed E-state index contributed by atoms with van der Waals surface area (Å²) in [5, 5.41) is 5.28. The molecule has 22 heavy (non-hydrogen) atoms. The van der Waals surface area contributed by atoms with Gasteiger partial charge in [-0.05, 0) is 12.1 Å². The van der Waals surface area contributed by atoms with E-state index in [-0.39, 0.29) is 18.1 Å². The lowest BCUT2D eigenvalue weighted by molar-refractivity contribution is 0.0524. The lowest BCUT2D eigenvalue weighted by Gasteiger charge is -2.04. The number of benzene rings is 1. The summed E-state index contributed by atoms with van der Waals surface area (Å²) in [6.45, 7) is 4.38. The molecule has 0 aliphatic heterocycles. The molecule has 4 nitrogen and oxygen atoms in total. The van der Waals surface area contributed by atoms with Crippen molar-refractivity contribution >= 4 is 34.2 Å². The van der Waals surface area contributed by atoms with Gasteiger partial charge in [-0.2, -0.15) is 0 Å². The summed E-state index contributed by atoms with van der Waals surface area (Å²) in [6.07, 6.45) is 1.71. The molecule has 0 saturated carbocycles. The van der Waals surface area contributed by atoms with Crippen molar-refractivity contribution in [3.8, 4) is 0 Å². The predicted octanol–water partition coefficient (Wildman–Crippen LogP) is 3.83. The Morgan fingerprint density at radius 1 is 1.50 bits per heavy atom. The Bertz CT molecular complexity index is 646. The minimum Gasteiger partial charge on any atom is -0.460 e. The third-order valence-corrected chi connectivity index (χ3v) is 4.33. The van der Waals surface area contributed by atoms with E-state index in [1.165, 1.54) is 29.2 Å². The SMILES string of the molecule is C=CCNc1nc(C(=O)OCCSc2ccccc2F)cs1. The highest BCUT2D eigenvalue weighted by atomic mass is 32.2. The van der Waals surface area contributed by atoms with Gasteiger partial charge in [0.25, 0.3) is 0 Å². The maximum Gasteiger partial charge on any atom is 0.357 e. The van der Waals surface area contributed by atoms with Gasteiger partial charge in [-0.25, -0.2) is 14.2 Å². The Morgan fingerprint density at radius 3 is 3.09 bits per heavy atom. The number of aromatic nitrogens is 1. The van der Waals surface area contributed by atoms with Crippen molar-refractivity contribution in [3.05, 3.63) is 53.8 Å². The van der Waals surface area contributed by atoms with Crippen LogP contribution in [0, 0.1) is 5.82 Å². The molecule has 0 saturated heterocycles. The number of rotatable bonds is 8. The first kappa shape index (κ1) is 16.5. The standard InChI is InChI=1S/C15H15FN2O2S2/c1-2-7-17-15-18-12(10-22-15)14(19)20-8-9-21-13-6-4-3-5-11(13)16/h2-6,10H,1,7-9H2,(H,17,18). The van der Waals surface area contributed by atoms with Crippen LogP contribution < -0.4 is 5.32 Å². The van der Waals surface area contributed by atoms with Crippen molar-refractivity contribution in [2.45, 2.75) is 4.90 Å². The molecule has 0 atom stereocenters. The highest BCUT2D eigenvalue weighted by molar-refractivity contribution is 7.99. The summed E-state index contributed by atoms with van der Waals surface area (Å²) < 4.78 is 18.5. The molecule has 0 bridgehead atoms. The number of anilines is 1. The molecule has 0 unspecified atom stereocenters. The number of nitrogens with zero attached hydrogens (tertiary/aromatic N) is 1. The molecule has 2 rings (SSSR count). The first-order valence-corrected chi connectivity index (χ1v) is 8.42. The van der Waals surface area contributed by atoms with Crippen molar-refractivity contribution < 1.29 is 13.9 Å². The fraction of sp³-hybridized carbons (Fsp3) is 0.200. The molecule has 1 aromatic heterocycles. The molecular weight excluding hydrogens is 323 g/mol. The molecule has 0 radical (unpaired) electrons. The fourth-order valence-corrected chi connectivity index (χ4v) is 2.99. The average Bonchev–Trinajstić information content (AvgIpc) is 3.00. The molecule has 0 spiro atoms. The Hall–Kier alpha value is -1.86. The second-order valence-corrected chi connectivity index (χ2v) is 6.12. The zero-order valence-corrected chi connectivity index (χ0v) is 13.4. The summed E-state index contributed by atoms with van der Waals surface area (Å²) in [4.78, 5) is 16.5. The van der Waals surface area contributed by atoms with Crippen molar-refractivity contribution in [1.29, 1.82) is 0 Å². The summed E-state index contributed by atoms with van der Waals surface area (Å²) in [5.74, 6) is -0.258. The summed E-state index contributed by atoms with van der Waals surface area (Å²) >= 11 is 2.64. The van der Waals surface area contributed by atoms with Gasteiger partial charge >= 0.3 is 5.97 Å². The van der Waals surface area contributed by atoms with Gasteiger partial charge < -0.3 is 10.1 Å². The van der Waals surface area contributed by atoms with Crippen molar-refractivity contribution in [1.82, 2.24) is 4.98 Å². The van der Waals surface area contributed by atoms with Crippen molar-refractivity contribution in [2.24, 2.45) is 0 Å². The Labute approximate surface area is 136 Å². The van der Waals surface area contributed by atoms with Crippen LogP contribution in [-0.2, 0) is 4.74 Å². The first-order valence-electron chi connectivity index (χ1n) is 6.55. The molecule has 0 aliphatic rings. The van der Waals surface area contributed by atoms with Crippen LogP contribution >= 0.6 is 23.1 Å². The van der Waals surface area contributed by atoms with Gasteiger partial charge in [0.15, 0.2) is 10.8 Å². The van der Waals surface area contributed by atoms with Gasteiger partial charge in [-0.3, -0.25) is 0 Å². The minimum absolute atomic E-state index is 0.199. The number of halogens is 1. The van der Waals surface area contributed by atoms with Crippen LogP contribution in [0.2, 0.25) is 0 Å². The van der Waals surface area contributed by atoms with E-state index in [0.717, 1.165) is 0 Å². The summed E-state index contributed by atoms with van der Waals surface area (Å²) in [5.41, 5.74) is 0.271. The number of hydrogen-bond donors (Lipinski definition) is 1. The Balaban J connectivity index is 1.74. The lowest BCUT2D eigenvalue weighted by Crippen LogP contribution is -2.08. The van der Waals surface area contributed by atoms with E-state index in [1.807, 2.05) is 0 Å². The predicted molar refractivity (Wildman–Crippen MR) is 88.2 cm³/mol. The van der Waals surface area contributed by atoms with Crippen LogP contribution in [0.3, 0.4) is 0 Å². The maximum atomic E-state index is 13.4. The first-order chi connectivity index (χ1) is 10.7. The van der Waals surface area contributed by atoms with E-state index >= 15 is 0 Å². The molecular formula is C15H15FN2O2S2. The van der Waals surface area contributed by atoms with Crippen LogP contribution in [0.5, 0.6) is 0 Å². The highest BCUT2D eigenvalue weighted by Crippen LogP contribution is 2.21. The van der Waals surface area contributed by atoms with E-state index in [9.17, 15) is 9.18 Å². The van der Waals surface area contributed by atoms with Gasteiger partial charge in [0.1, 0.15) is 12.4 Å². The Kier molecular flexibility index (Phi) is 6.42. The topological polar surface area (TPSA) is 51.2 Å². The smallest absolute Gasteiger partial charge is 0.357 e. The zero-order valence-electron chi connectivity index (χ0n) is 11.8. The van der Waals surface area contributed by atoms with E-state index in [2.05, 4.69) is 16.9 Å². The zero-order chi connectivity index (χ0) is 15.8. The number of carbonyl (C=O) groups is 1. The lowest BCUT2D eigenvalue weighted by atomic mass is 10.3. The Morgan fingerprint density at radius 2 is 2.32 bits per heavy atom. The third kappa shape index (κ3) is 4.85. The van der Waals surface area contributed by atoms with Crippen LogP contribution in [0.15, 0.2) is 47.2 Å². The molecule has 1 N–H and O–H groups in total. The summed E-state index contributed by atoms with van der Waals surface area (Å²) in [6, 6.07) is 6.51. The van der Waals surface area contributed by atoms with Crippen LogP contribution in [-0.4, -0.2) is 29.9 Å². The molecule has 2 aromatic rings. The molecule has 0 fully saturated rings. The molecule has 7 heteroatoms. The second kappa shape index (κ2) is 8.55. The van der Waals surface area contributed by atoms with Gasteiger partial charge in [0.05, 0.1) is 0 Å². The number of ether oxygens (including phenoxy) is 1. The van der Waals surface area contributed by atoms with Gasteiger partial charge in [-0.1, -0.05) is 18.2 Å². The average molecular weight is 338 g/mol. The molecule has 1 aromatic carbocycles.